The highest BCUT2D eigenvalue weighted by atomic mass is 79.9. The molecule has 2 aromatic carbocycles. The van der Waals surface area contributed by atoms with Crippen LogP contribution >= 0.6 is 27.3 Å². The van der Waals surface area contributed by atoms with Gasteiger partial charge in [-0.05, 0) is 62.2 Å². The Hall–Kier alpha value is -1.76. The standard InChI is InChI=1S/C20H21BrN2O2S/c1-4-25-10-9-23-18-14(3)11-13(2)12-17(18)26-20(23)22-19(24)15-5-7-16(21)8-6-15/h5-8,11-12H,4,9-10H2,1-3H3. The predicted octanol–water partition coefficient (Wildman–Crippen LogP) is 4.86. The molecule has 26 heavy (non-hydrogen) atoms. The summed E-state index contributed by atoms with van der Waals surface area (Å²) in [6, 6.07) is 11.6. The number of halogens is 1. The highest BCUT2D eigenvalue weighted by Gasteiger charge is 2.12. The minimum absolute atomic E-state index is 0.233. The van der Waals surface area contributed by atoms with Crippen LogP contribution in [0.1, 0.15) is 28.4 Å². The van der Waals surface area contributed by atoms with E-state index in [2.05, 4.69) is 51.5 Å². The van der Waals surface area contributed by atoms with E-state index in [-0.39, 0.29) is 5.91 Å². The van der Waals surface area contributed by atoms with Crippen LogP contribution in [-0.2, 0) is 11.3 Å². The maximum Gasteiger partial charge on any atom is 0.279 e. The summed E-state index contributed by atoms with van der Waals surface area (Å²) in [6.45, 7) is 8.10. The van der Waals surface area contributed by atoms with Gasteiger partial charge in [-0.2, -0.15) is 4.99 Å². The topological polar surface area (TPSA) is 43.6 Å². The van der Waals surface area contributed by atoms with Crippen molar-refractivity contribution in [3.8, 4) is 0 Å². The molecule has 136 valence electrons. The minimum Gasteiger partial charge on any atom is -0.380 e. The molecular weight excluding hydrogens is 412 g/mol. The zero-order valence-electron chi connectivity index (χ0n) is 15.1. The van der Waals surface area contributed by atoms with E-state index in [1.54, 1.807) is 23.5 Å². The van der Waals surface area contributed by atoms with E-state index in [1.165, 1.54) is 11.1 Å². The maximum absolute atomic E-state index is 12.6. The lowest BCUT2D eigenvalue weighted by atomic mass is 10.1. The second-order valence-corrected chi connectivity index (χ2v) is 8.01. The highest BCUT2D eigenvalue weighted by Crippen LogP contribution is 2.23. The number of rotatable bonds is 5. The molecule has 0 aliphatic carbocycles. The molecule has 0 aliphatic rings. The number of carbonyl (C=O) groups excluding carboxylic acids is 1. The van der Waals surface area contributed by atoms with Crippen molar-refractivity contribution in [1.82, 2.24) is 4.57 Å². The molecule has 0 bridgehead atoms. The molecule has 0 radical (unpaired) electrons. The lowest BCUT2D eigenvalue weighted by Gasteiger charge is -2.08. The van der Waals surface area contributed by atoms with Crippen molar-refractivity contribution in [3.63, 3.8) is 0 Å². The summed E-state index contributed by atoms with van der Waals surface area (Å²) in [7, 11) is 0. The fourth-order valence-corrected chi connectivity index (χ4v) is 4.42. The van der Waals surface area contributed by atoms with Crippen molar-refractivity contribution in [3.05, 3.63) is 62.4 Å². The maximum atomic E-state index is 12.6. The van der Waals surface area contributed by atoms with Crippen LogP contribution in [0.2, 0.25) is 0 Å². The van der Waals surface area contributed by atoms with E-state index in [0.717, 1.165) is 14.7 Å². The average Bonchev–Trinajstić information content (AvgIpc) is 2.93. The van der Waals surface area contributed by atoms with Crippen molar-refractivity contribution < 1.29 is 9.53 Å². The number of benzene rings is 2. The number of thiazole rings is 1. The number of hydrogen-bond donors (Lipinski definition) is 0. The van der Waals surface area contributed by atoms with Gasteiger partial charge in [0.15, 0.2) is 4.80 Å². The number of aryl methyl sites for hydroxylation is 2. The summed E-state index contributed by atoms with van der Waals surface area (Å²) in [5.74, 6) is -0.233. The number of carbonyl (C=O) groups is 1. The van der Waals surface area contributed by atoms with Crippen LogP contribution < -0.4 is 4.80 Å². The van der Waals surface area contributed by atoms with Crippen molar-refractivity contribution in [2.75, 3.05) is 13.2 Å². The summed E-state index contributed by atoms with van der Waals surface area (Å²) >= 11 is 4.94. The summed E-state index contributed by atoms with van der Waals surface area (Å²) in [5.41, 5.74) is 4.10. The number of fused-ring (bicyclic) bond motifs is 1. The summed E-state index contributed by atoms with van der Waals surface area (Å²) in [6.07, 6.45) is 0. The fraction of sp³-hybridized carbons (Fsp3) is 0.300. The van der Waals surface area contributed by atoms with Gasteiger partial charge in [0.05, 0.1) is 16.8 Å². The fourth-order valence-electron chi connectivity index (χ4n) is 2.93. The van der Waals surface area contributed by atoms with Gasteiger partial charge >= 0.3 is 0 Å². The minimum atomic E-state index is -0.233. The van der Waals surface area contributed by atoms with Crippen molar-refractivity contribution in [2.24, 2.45) is 4.99 Å². The van der Waals surface area contributed by atoms with E-state index in [0.29, 0.717) is 30.1 Å². The van der Waals surface area contributed by atoms with Crippen LogP contribution in [0, 0.1) is 13.8 Å². The van der Waals surface area contributed by atoms with Gasteiger partial charge < -0.3 is 9.30 Å². The molecule has 6 heteroatoms. The van der Waals surface area contributed by atoms with Gasteiger partial charge in [-0.1, -0.05) is 33.3 Å². The third-order valence-corrected chi connectivity index (χ3v) is 5.62. The predicted molar refractivity (Wildman–Crippen MR) is 110 cm³/mol. The second kappa shape index (κ2) is 8.29. The molecule has 0 saturated carbocycles. The molecule has 1 amide bonds. The van der Waals surface area contributed by atoms with E-state index in [1.807, 2.05) is 19.1 Å². The first-order valence-corrected chi connectivity index (χ1v) is 10.1. The molecule has 0 fully saturated rings. The lowest BCUT2D eigenvalue weighted by molar-refractivity contribution is 0.0996. The van der Waals surface area contributed by atoms with E-state index in [9.17, 15) is 4.79 Å². The van der Waals surface area contributed by atoms with Crippen molar-refractivity contribution >= 4 is 43.4 Å². The van der Waals surface area contributed by atoms with Gasteiger partial charge in [0, 0.05) is 23.2 Å². The SMILES string of the molecule is CCOCCn1c(=NC(=O)c2ccc(Br)cc2)sc2cc(C)cc(C)c21. The van der Waals surface area contributed by atoms with Crippen molar-refractivity contribution in [2.45, 2.75) is 27.3 Å². The largest absolute Gasteiger partial charge is 0.380 e. The number of hydrogen-bond acceptors (Lipinski definition) is 3. The molecule has 0 unspecified atom stereocenters. The van der Waals surface area contributed by atoms with Crippen LogP contribution in [-0.4, -0.2) is 23.7 Å². The Bertz CT molecular complexity index is 1000. The second-order valence-electron chi connectivity index (χ2n) is 6.09. The molecule has 0 spiro atoms. The number of aromatic nitrogens is 1. The van der Waals surface area contributed by atoms with Crippen LogP contribution in [0.4, 0.5) is 0 Å². The Kier molecular flexibility index (Phi) is 6.06. The molecule has 4 nitrogen and oxygen atoms in total. The molecule has 3 rings (SSSR count). The van der Waals surface area contributed by atoms with Gasteiger partial charge in [-0.15, -0.1) is 0 Å². The number of ether oxygens (including phenoxy) is 1. The summed E-state index contributed by atoms with van der Waals surface area (Å²) in [5, 5.41) is 0. The van der Waals surface area contributed by atoms with Crippen LogP contribution in [0.3, 0.4) is 0 Å². The molecule has 0 saturated heterocycles. The first-order chi connectivity index (χ1) is 12.5. The third-order valence-electron chi connectivity index (χ3n) is 4.06. The highest BCUT2D eigenvalue weighted by molar-refractivity contribution is 9.10. The van der Waals surface area contributed by atoms with Crippen LogP contribution in [0.5, 0.6) is 0 Å². The van der Waals surface area contributed by atoms with Gasteiger partial charge in [0.25, 0.3) is 5.91 Å². The Balaban J connectivity index is 2.10. The van der Waals surface area contributed by atoms with E-state index < -0.39 is 0 Å². The van der Waals surface area contributed by atoms with Gasteiger partial charge in [0.1, 0.15) is 0 Å². The average molecular weight is 433 g/mol. The molecule has 3 aromatic rings. The molecule has 1 aromatic heterocycles. The van der Waals surface area contributed by atoms with Gasteiger partial charge in [-0.3, -0.25) is 4.79 Å². The Morgan fingerprint density at radius 1 is 1.23 bits per heavy atom. The van der Waals surface area contributed by atoms with Crippen LogP contribution in [0.25, 0.3) is 10.2 Å². The first-order valence-electron chi connectivity index (χ1n) is 8.52. The zero-order chi connectivity index (χ0) is 18.7. The molecule has 0 N–H and O–H groups in total. The smallest absolute Gasteiger partial charge is 0.279 e. The summed E-state index contributed by atoms with van der Waals surface area (Å²) in [4.78, 5) is 17.7. The number of amides is 1. The first kappa shape index (κ1) is 19.0. The van der Waals surface area contributed by atoms with Gasteiger partial charge in [-0.25, -0.2) is 0 Å². The molecular formula is C20H21BrN2O2S. The van der Waals surface area contributed by atoms with Crippen molar-refractivity contribution in [1.29, 1.82) is 0 Å². The monoisotopic (exact) mass is 432 g/mol. The lowest BCUT2D eigenvalue weighted by Crippen LogP contribution is -2.20. The summed E-state index contributed by atoms with van der Waals surface area (Å²) < 4.78 is 9.71. The Labute approximate surface area is 165 Å². The van der Waals surface area contributed by atoms with Gasteiger partial charge in [0.2, 0.25) is 0 Å². The van der Waals surface area contributed by atoms with E-state index in [4.69, 9.17) is 4.74 Å². The molecule has 0 aliphatic heterocycles. The Morgan fingerprint density at radius 3 is 2.65 bits per heavy atom. The third kappa shape index (κ3) is 4.14. The molecule has 0 atom stereocenters. The van der Waals surface area contributed by atoms with Crippen LogP contribution in [0.15, 0.2) is 45.9 Å². The number of nitrogens with zero attached hydrogens (tertiary/aromatic N) is 2. The Morgan fingerprint density at radius 2 is 1.96 bits per heavy atom. The normalized spacial score (nSPS) is 12.1. The van der Waals surface area contributed by atoms with E-state index >= 15 is 0 Å². The molecule has 1 heterocycles. The zero-order valence-corrected chi connectivity index (χ0v) is 17.5. The quantitative estimate of drug-likeness (QED) is 0.540.